The highest BCUT2D eigenvalue weighted by atomic mass is 35.5. The van der Waals surface area contributed by atoms with E-state index >= 15 is 0 Å². The molecule has 0 aromatic heterocycles. The van der Waals surface area contributed by atoms with Crippen LogP contribution >= 0.6 is 35.1 Å². The van der Waals surface area contributed by atoms with Crippen molar-refractivity contribution in [1.82, 2.24) is 0 Å². The zero-order valence-electron chi connectivity index (χ0n) is 14.1. The lowest BCUT2D eigenvalue weighted by atomic mass is 10.2. The molecular formula is C22H18ClNS2. The van der Waals surface area contributed by atoms with E-state index in [1.165, 1.54) is 5.56 Å². The van der Waals surface area contributed by atoms with Gasteiger partial charge >= 0.3 is 0 Å². The van der Waals surface area contributed by atoms with Gasteiger partial charge in [-0.25, -0.2) is 4.99 Å². The fraction of sp³-hybridized carbons (Fsp3) is 0.0455. The molecule has 26 heavy (non-hydrogen) atoms. The van der Waals surface area contributed by atoms with Crippen molar-refractivity contribution in [2.24, 2.45) is 4.99 Å². The van der Waals surface area contributed by atoms with Crippen LogP contribution in [0.4, 0.5) is 5.69 Å². The van der Waals surface area contributed by atoms with E-state index in [2.05, 4.69) is 35.7 Å². The molecule has 1 nitrogen and oxygen atoms in total. The first-order valence-corrected chi connectivity index (χ1v) is 10.4. The molecule has 0 saturated heterocycles. The maximum Gasteiger partial charge on any atom is 0.0975 e. The molecule has 0 amide bonds. The van der Waals surface area contributed by atoms with Gasteiger partial charge in [0.1, 0.15) is 0 Å². The molecule has 0 unspecified atom stereocenters. The van der Waals surface area contributed by atoms with Gasteiger partial charge in [-0.2, -0.15) is 0 Å². The Morgan fingerprint density at radius 3 is 2.35 bits per heavy atom. The Labute approximate surface area is 168 Å². The van der Waals surface area contributed by atoms with Crippen LogP contribution in [0.15, 0.2) is 106 Å². The minimum Gasteiger partial charge on any atom is -0.242 e. The van der Waals surface area contributed by atoms with Crippen LogP contribution in [-0.2, 0) is 5.75 Å². The van der Waals surface area contributed by atoms with Gasteiger partial charge in [-0.15, -0.1) is 11.8 Å². The molecule has 0 saturated carbocycles. The topological polar surface area (TPSA) is 12.4 Å². The van der Waals surface area contributed by atoms with Crippen LogP contribution in [0.1, 0.15) is 5.56 Å². The molecule has 0 atom stereocenters. The molecule has 4 heteroatoms. The second-order valence-electron chi connectivity index (χ2n) is 5.44. The minimum absolute atomic E-state index is 0.750. The Hall–Kier alpha value is -1.94. The Bertz CT molecular complexity index is 877. The average molecular weight is 396 g/mol. The molecule has 3 aromatic rings. The van der Waals surface area contributed by atoms with Gasteiger partial charge in [0, 0.05) is 15.7 Å². The predicted molar refractivity (Wildman–Crippen MR) is 118 cm³/mol. The fourth-order valence-corrected chi connectivity index (χ4v) is 4.08. The molecule has 3 aromatic carbocycles. The largest absolute Gasteiger partial charge is 0.242 e. The van der Waals surface area contributed by atoms with Crippen molar-refractivity contribution in [3.8, 4) is 0 Å². The van der Waals surface area contributed by atoms with Gasteiger partial charge in [-0.3, -0.25) is 0 Å². The molecule has 0 radical (unpaired) electrons. The van der Waals surface area contributed by atoms with E-state index in [4.69, 9.17) is 16.6 Å². The summed E-state index contributed by atoms with van der Waals surface area (Å²) in [7, 11) is 0. The summed E-state index contributed by atoms with van der Waals surface area (Å²) >= 11 is 9.41. The van der Waals surface area contributed by atoms with E-state index in [0.717, 1.165) is 26.4 Å². The number of benzene rings is 3. The lowest BCUT2D eigenvalue weighted by Gasteiger charge is -2.03. The van der Waals surface area contributed by atoms with E-state index in [1.807, 2.05) is 60.7 Å². The zero-order valence-corrected chi connectivity index (χ0v) is 16.5. The van der Waals surface area contributed by atoms with Gasteiger partial charge in [-0.1, -0.05) is 78.0 Å². The summed E-state index contributed by atoms with van der Waals surface area (Å²) in [6.45, 7) is 0. The van der Waals surface area contributed by atoms with Crippen LogP contribution in [0.3, 0.4) is 0 Å². The summed E-state index contributed by atoms with van der Waals surface area (Å²) in [6.07, 6.45) is 2.06. The number of nitrogens with zero attached hydrogens (tertiary/aromatic N) is 1. The van der Waals surface area contributed by atoms with Gasteiger partial charge in [0.05, 0.1) is 10.7 Å². The third-order valence-electron chi connectivity index (χ3n) is 3.44. The van der Waals surface area contributed by atoms with Crippen molar-refractivity contribution in [2.75, 3.05) is 0 Å². The summed E-state index contributed by atoms with van der Waals surface area (Å²) in [6, 6.07) is 28.3. The van der Waals surface area contributed by atoms with Gasteiger partial charge in [-0.05, 0) is 47.4 Å². The highest BCUT2D eigenvalue weighted by molar-refractivity contribution is 8.13. The first-order chi connectivity index (χ1) is 12.8. The molecule has 0 aliphatic rings. The Kier molecular flexibility index (Phi) is 7.44. The Morgan fingerprint density at radius 1 is 0.885 bits per heavy atom. The predicted octanol–water partition coefficient (Wildman–Crippen LogP) is 7.61. The van der Waals surface area contributed by atoms with Gasteiger partial charge < -0.3 is 0 Å². The molecule has 0 heterocycles. The molecular weight excluding hydrogens is 378 g/mol. The lowest BCUT2D eigenvalue weighted by Crippen LogP contribution is -1.88. The second kappa shape index (κ2) is 10.3. The van der Waals surface area contributed by atoms with Crippen LogP contribution in [0.2, 0.25) is 5.02 Å². The molecule has 130 valence electrons. The minimum atomic E-state index is 0.750. The summed E-state index contributed by atoms with van der Waals surface area (Å²) < 4.78 is 0. The summed E-state index contributed by atoms with van der Waals surface area (Å²) in [5.74, 6) is 0.888. The van der Waals surface area contributed by atoms with E-state index in [0.29, 0.717) is 0 Å². The standard InChI is InChI=1S/C22H18ClNS2/c23-19-10-7-13-21(16-19)25-15-14-22(24-20-11-5-2-6-12-20)26-17-18-8-3-1-4-9-18/h1-16H,17H2. The van der Waals surface area contributed by atoms with Crippen LogP contribution in [-0.4, -0.2) is 5.04 Å². The fourth-order valence-electron chi connectivity index (χ4n) is 2.19. The second-order valence-corrected chi connectivity index (χ2v) is 7.85. The van der Waals surface area contributed by atoms with Gasteiger partial charge in [0.15, 0.2) is 0 Å². The van der Waals surface area contributed by atoms with Crippen molar-refractivity contribution in [1.29, 1.82) is 0 Å². The monoisotopic (exact) mass is 395 g/mol. The van der Waals surface area contributed by atoms with Crippen molar-refractivity contribution in [3.05, 3.63) is 107 Å². The molecule has 3 rings (SSSR count). The number of hydrogen-bond acceptors (Lipinski definition) is 3. The number of hydrogen-bond donors (Lipinski definition) is 0. The number of para-hydroxylation sites is 1. The van der Waals surface area contributed by atoms with Gasteiger partial charge in [0.25, 0.3) is 0 Å². The molecule has 0 bridgehead atoms. The normalized spacial score (nSPS) is 11.8. The number of halogens is 1. The number of thioether (sulfide) groups is 2. The average Bonchev–Trinajstić information content (AvgIpc) is 2.68. The maximum absolute atomic E-state index is 6.05. The molecule has 0 aliphatic heterocycles. The van der Waals surface area contributed by atoms with Crippen molar-refractivity contribution >= 4 is 45.9 Å². The van der Waals surface area contributed by atoms with E-state index in [-0.39, 0.29) is 0 Å². The molecule has 0 N–H and O–H groups in total. The first-order valence-electron chi connectivity index (χ1n) is 8.19. The molecule has 0 spiro atoms. The SMILES string of the molecule is Clc1cccc(SC=CC(=Nc2ccccc2)SCc2ccccc2)c1. The third kappa shape index (κ3) is 6.41. The van der Waals surface area contributed by atoms with E-state index in [9.17, 15) is 0 Å². The van der Waals surface area contributed by atoms with Gasteiger partial charge in [0.2, 0.25) is 0 Å². The number of rotatable bonds is 6. The van der Waals surface area contributed by atoms with E-state index < -0.39 is 0 Å². The maximum atomic E-state index is 6.05. The molecule has 0 fully saturated rings. The van der Waals surface area contributed by atoms with Crippen LogP contribution in [0.25, 0.3) is 0 Å². The highest BCUT2D eigenvalue weighted by Gasteiger charge is 2.00. The van der Waals surface area contributed by atoms with Crippen LogP contribution in [0.5, 0.6) is 0 Å². The smallest absolute Gasteiger partial charge is 0.0975 e. The summed E-state index contributed by atoms with van der Waals surface area (Å²) in [5.41, 5.74) is 2.25. The van der Waals surface area contributed by atoms with Crippen molar-refractivity contribution < 1.29 is 0 Å². The molecule has 0 aliphatic carbocycles. The van der Waals surface area contributed by atoms with Crippen molar-refractivity contribution in [3.63, 3.8) is 0 Å². The van der Waals surface area contributed by atoms with Crippen LogP contribution in [0, 0.1) is 0 Å². The van der Waals surface area contributed by atoms with Crippen LogP contribution < -0.4 is 0 Å². The zero-order chi connectivity index (χ0) is 18.0. The third-order valence-corrected chi connectivity index (χ3v) is 5.47. The van der Waals surface area contributed by atoms with Crippen molar-refractivity contribution in [2.45, 2.75) is 10.6 Å². The Balaban J connectivity index is 1.71. The Morgan fingerprint density at radius 2 is 1.62 bits per heavy atom. The number of aliphatic imine (C=N–C) groups is 1. The summed E-state index contributed by atoms with van der Waals surface area (Å²) in [5, 5.41) is 3.79. The van der Waals surface area contributed by atoms with E-state index in [1.54, 1.807) is 23.5 Å². The first kappa shape index (κ1) is 18.8. The summed E-state index contributed by atoms with van der Waals surface area (Å²) in [4.78, 5) is 5.89. The lowest BCUT2D eigenvalue weighted by molar-refractivity contribution is 1.42. The highest BCUT2D eigenvalue weighted by Crippen LogP contribution is 2.24. The quantitative estimate of drug-likeness (QED) is 0.242.